The first-order valence-electron chi connectivity index (χ1n) is 20.2. The van der Waals surface area contributed by atoms with Crippen molar-refractivity contribution in [2.45, 2.75) is 33.1 Å². The summed E-state index contributed by atoms with van der Waals surface area (Å²) in [4.78, 5) is 0. The smallest absolute Gasteiger partial charge is 0.0991 e. The van der Waals surface area contributed by atoms with Gasteiger partial charge in [0.25, 0.3) is 0 Å². The molecule has 0 aliphatic heterocycles. The van der Waals surface area contributed by atoms with Gasteiger partial charge in [-0.2, -0.15) is 21.0 Å². The topological polar surface area (TPSA) is 95.2 Å². The van der Waals surface area contributed by atoms with Crippen LogP contribution in [0.1, 0.15) is 66.8 Å². The molecule has 0 unspecified atom stereocenters. The zero-order chi connectivity index (χ0) is 42.4. The van der Waals surface area contributed by atoms with Gasteiger partial charge in [0.2, 0.25) is 0 Å². The largest absolute Gasteiger partial charge is 0.192 e. The first kappa shape index (κ1) is 38.2. The molecule has 4 heteroatoms. The Balaban J connectivity index is 1.46. The first-order valence-corrected chi connectivity index (χ1v) is 20.2. The van der Waals surface area contributed by atoms with Gasteiger partial charge in [-0.3, -0.25) is 0 Å². The number of hydrogen-bond acceptors (Lipinski definition) is 4. The Hall–Kier alpha value is -8.28. The normalized spacial score (nSPS) is 12.0. The molecule has 0 amide bonds. The molecule has 286 valence electrons. The SMILES string of the molecule is Cc1cc(C#N)cc(-c2cc(-c3cc(C)cc(C#N)c3)cc(C3(c4cc(-c5cc(C)cc(C#N)c5)cc(-c5cc(C)cc(C#N)c5)c4)c4ccccc4-c4ccccc43)c2)c1. The molecule has 0 atom stereocenters. The lowest BCUT2D eigenvalue weighted by molar-refractivity contribution is 0.770. The Kier molecular flexibility index (Phi) is 9.50. The van der Waals surface area contributed by atoms with E-state index in [0.717, 1.165) is 100 Å². The van der Waals surface area contributed by atoms with Gasteiger partial charge in [0.15, 0.2) is 0 Å². The van der Waals surface area contributed by atoms with Gasteiger partial charge >= 0.3 is 0 Å². The maximum absolute atomic E-state index is 10.1. The van der Waals surface area contributed by atoms with Gasteiger partial charge in [-0.05, 0) is 213 Å². The van der Waals surface area contributed by atoms with Crippen molar-refractivity contribution >= 4 is 0 Å². The number of hydrogen-bond donors (Lipinski definition) is 0. The first-order chi connectivity index (χ1) is 29.6. The second-order valence-corrected chi connectivity index (χ2v) is 16.2. The van der Waals surface area contributed by atoms with Crippen molar-refractivity contribution in [2.24, 2.45) is 0 Å². The third-order valence-corrected chi connectivity index (χ3v) is 11.8. The van der Waals surface area contributed by atoms with Crippen molar-refractivity contribution in [3.8, 4) is 79.9 Å². The number of nitriles is 4. The summed E-state index contributed by atoms with van der Waals surface area (Å²) in [5.74, 6) is 0. The van der Waals surface area contributed by atoms with Crippen LogP contribution in [-0.2, 0) is 5.41 Å². The highest BCUT2D eigenvalue weighted by Gasteiger charge is 2.46. The number of nitrogens with zero attached hydrogens (tertiary/aromatic N) is 4. The lowest BCUT2D eigenvalue weighted by Crippen LogP contribution is -2.29. The lowest BCUT2D eigenvalue weighted by Gasteiger charge is -2.35. The van der Waals surface area contributed by atoms with Gasteiger partial charge in [-0.25, -0.2) is 0 Å². The van der Waals surface area contributed by atoms with Crippen molar-refractivity contribution in [2.75, 3.05) is 0 Å². The molecule has 0 radical (unpaired) electrons. The molecule has 8 aromatic carbocycles. The van der Waals surface area contributed by atoms with Gasteiger partial charge in [0.05, 0.1) is 51.9 Å². The summed E-state index contributed by atoms with van der Waals surface area (Å²) < 4.78 is 0. The van der Waals surface area contributed by atoms with E-state index in [1.807, 2.05) is 76.2 Å². The van der Waals surface area contributed by atoms with E-state index in [4.69, 9.17) is 0 Å². The van der Waals surface area contributed by atoms with Crippen LogP contribution in [0.3, 0.4) is 0 Å². The minimum atomic E-state index is -0.879. The van der Waals surface area contributed by atoms with E-state index in [1.165, 1.54) is 0 Å². The zero-order valence-electron chi connectivity index (χ0n) is 34.3. The predicted molar refractivity (Wildman–Crippen MR) is 243 cm³/mol. The molecule has 4 nitrogen and oxygen atoms in total. The fraction of sp³-hybridized carbons (Fsp3) is 0.0877. The van der Waals surface area contributed by atoms with E-state index in [2.05, 4.69) is 133 Å². The molecule has 8 aromatic rings. The second-order valence-electron chi connectivity index (χ2n) is 16.2. The molecule has 0 N–H and O–H groups in total. The average molecular weight is 779 g/mol. The van der Waals surface area contributed by atoms with Gasteiger partial charge in [-0.1, -0.05) is 72.8 Å². The maximum Gasteiger partial charge on any atom is 0.0991 e. The van der Waals surface area contributed by atoms with Crippen LogP contribution >= 0.6 is 0 Å². The number of aryl methyl sites for hydroxylation is 4. The molecule has 61 heavy (non-hydrogen) atoms. The fourth-order valence-electron chi connectivity index (χ4n) is 9.44. The molecule has 0 bridgehead atoms. The summed E-state index contributed by atoms with van der Waals surface area (Å²) in [6.45, 7) is 8.05. The van der Waals surface area contributed by atoms with E-state index in [0.29, 0.717) is 22.3 Å². The minimum Gasteiger partial charge on any atom is -0.192 e. The summed E-state index contributed by atoms with van der Waals surface area (Å²) in [5.41, 5.74) is 19.4. The molecular formula is C57H38N4. The van der Waals surface area contributed by atoms with Gasteiger partial charge in [-0.15, -0.1) is 0 Å². The molecule has 1 aliphatic carbocycles. The van der Waals surface area contributed by atoms with E-state index in [-0.39, 0.29) is 0 Å². The summed E-state index contributed by atoms with van der Waals surface area (Å²) in [7, 11) is 0. The van der Waals surface area contributed by atoms with Crippen LogP contribution < -0.4 is 0 Å². The van der Waals surface area contributed by atoms with Crippen molar-refractivity contribution in [1.82, 2.24) is 0 Å². The Morgan fingerprint density at radius 1 is 0.311 bits per heavy atom. The molecule has 0 saturated heterocycles. The minimum absolute atomic E-state index is 0.581. The van der Waals surface area contributed by atoms with Crippen molar-refractivity contribution in [3.05, 3.63) is 224 Å². The van der Waals surface area contributed by atoms with Crippen LogP contribution in [-0.4, -0.2) is 0 Å². The highest BCUT2D eigenvalue weighted by Crippen LogP contribution is 2.57. The van der Waals surface area contributed by atoms with E-state index < -0.39 is 5.41 Å². The monoisotopic (exact) mass is 778 g/mol. The van der Waals surface area contributed by atoms with E-state index in [9.17, 15) is 21.0 Å². The molecular weight excluding hydrogens is 741 g/mol. The van der Waals surface area contributed by atoms with Crippen LogP contribution in [0.4, 0.5) is 0 Å². The maximum atomic E-state index is 10.1. The van der Waals surface area contributed by atoms with E-state index in [1.54, 1.807) is 0 Å². The predicted octanol–water partition coefficient (Wildman–Crippen LogP) is 13.4. The number of fused-ring (bicyclic) bond motifs is 3. The highest BCUT2D eigenvalue weighted by molar-refractivity contribution is 5.90. The van der Waals surface area contributed by atoms with Gasteiger partial charge in [0, 0.05) is 0 Å². The van der Waals surface area contributed by atoms with Crippen LogP contribution in [0.5, 0.6) is 0 Å². The second kappa shape index (κ2) is 15.1. The molecule has 0 aromatic heterocycles. The Morgan fingerprint density at radius 3 is 0.852 bits per heavy atom. The van der Waals surface area contributed by atoms with Crippen LogP contribution in [0, 0.1) is 73.0 Å². The zero-order valence-corrected chi connectivity index (χ0v) is 34.3. The van der Waals surface area contributed by atoms with Crippen molar-refractivity contribution in [3.63, 3.8) is 0 Å². The average Bonchev–Trinajstić information content (AvgIpc) is 3.59. The molecule has 0 saturated carbocycles. The Bertz CT molecular complexity index is 2920. The number of rotatable bonds is 6. The highest BCUT2D eigenvalue weighted by atomic mass is 14.5. The van der Waals surface area contributed by atoms with Gasteiger partial charge in [0.1, 0.15) is 0 Å². The number of benzene rings is 8. The quantitative estimate of drug-likeness (QED) is 0.168. The van der Waals surface area contributed by atoms with Crippen LogP contribution in [0.15, 0.2) is 158 Å². The van der Waals surface area contributed by atoms with Crippen LogP contribution in [0.2, 0.25) is 0 Å². The molecule has 9 rings (SSSR count). The van der Waals surface area contributed by atoms with Crippen molar-refractivity contribution < 1.29 is 0 Å². The molecule has 1 aliphatic rings. The lowest BCUT2D eigenvalue weighted by atomic mass is 9.66. The summed E-state index contributed by atoms with van der Waals surface area (Å²) in [5, 5.41) is 40.5. The Morgan fingerprint density at radius 2 is 0.574 bits per heavy atom. The molecule has 0 heterocycles. The summed E-state index contributed by atoms with van der Waals surface area (Å²) in [6.07, 6.45) is 0. The third-order valence-electron chi connectivity index (χ3n) is 11.8. The third kappa shape index (κ3) is 6.74. The Labute approximate surface area is 357 Å². The van der Waals surface area contributed by atoms with Gasteiger partial charge < -0.3 is 0 Å². The van der Waals surface area contributed by atoms with E-state index >= 15 is 0 Å². The fourth-order valence-corrected chi connectivity index (χ4v) is 9.44. The molecule has 0 fully saturated rings. The van der Waals surface area contributed by atoms with Crippen molar-refractivity contribution in [1.29, 1.82) is 21.0 Å². The standard InChI is InChI=1S/C57H38N4/c1-35-13-39(31-58)21-43(17-35)47-25-48(44-18-36(2)14-40(22-44)32-59)28-51(27-47)57(55-11-7-5-9-53(55)54-10-6-8-12-56(54)57)52-29-49(45-19-37(3)15-41(23-45)33-60)26-50(30-52)46-20-38(4)16-42(24-46)34-61/h5-30H,1-4H3. The van der Waals surface area contributed by atoms with Crippen LogP contribution in [0.25, 0.3) is 55.6 Å². The summed E-state index contributed by atoms with van der Waals surface area (Å²) in [6, 6.07) is 64.0. The molecule has 0 spiro atoms. The summed E-state index contributed by atoms with van der Waals surface area (Å²) >= 11 is 0.